The number of hydrogen-bond donors (Lipinski definition) is 2. The Balaban J connectivity index is 1.63. The van der Waals surface area contributed by atoms with Gasteiger partial charge < -0.3 is 16.0 Å². The number of likely N-dealkylation sites (tertiary alicyclic amines) is 1. The van der Waals surface area contributed by atoms with Crippen LogP contribution in [0.5, 0.6) is 0 Å². The van der Waals surface area contributed by atoms with Gasteiger partial charge in [0.15, 0.2) is 0 Å². The van der Waals surface area contributed by atoms with Crippen LogP contribution in [0.3, 0.4) is 0 Å². The molecule has 1 aliphatic heterocycles. The molecule has 1 aliphatic rings. The highest BCUT2D eigenvalue weighted by atomic mass is 16.2. The number of anilines is 1. The molecule has 7 heteroatoms. The van der Waals surface area contributed by atoms with Crippen molar-refractivity contribution in [2.75, 3.05) is 25.5 Å². The van der Waals surface area contributed by atoms with Crippen LogP contribution in [0.2, 0.25) is 0 Å². The Bertz CT molecular complexity index is 885. The van der Waals surface area contributed by atoms with Gasteiger partial charge in [-0.3, -0.25) is 19.3 Å². The van der Waals surface area contributed by atoms with Crippen LogP contribution in [-0.4, -0.2) is 53.7 Å². The van der Waals surface area contributed by atoms with Crippen molar-refractivity contribution in [3.63, 3.8) is 0 Å². The summed E-state index contributed by atoms with van der Waals surface area (Å²) in [5.41, 5.74) is 7.62. The monoisotopic (exact) mass is 394 g/mol. The van der Waals surface area contributed by atoms with E-state index in [1.165, 1.54) is 4.90 Å². The zero-order valence-corrected chi connectivity index (χ0v) is 16.5. The topological polar surface area (TPSA) is 95.7 Å². The van der Waals surface area contributed by atoms with E-state index >= 15 is 0 Å². The number of amides is 3. The fraction of sp³-hybridized carbons (Fsp3) is 0.318. The minimum atomic E-state index is -0.315. The van der Waals surface area contributed by atoms with Crippen molar-refractivity contribution in [1.82, 2.24) is 9.80 Å². The zero-order valence-electron chi connectivity index (χ0n) is 16.5. The number of para-hydroxylation sites is 1. The summed E-state index contributed by atoms with van der Waals surface area (Å²) in [7, 11) is 1.60. The number of nitrogens with zero attached hydrogens (tertiary/aromatic N) is 2. The number of benzene rings is 2. The van der Waals surface area contributed by atoms with Crippen molar-refractivity contribution in [1.29, 1.82) is 0 Å². The van der Waals surface area contributed by atoms with Gasteiger partial charge in [-0.15, -0.1) is 0 Å². The fourth-order valence-corrected chi connectivity index (χ4v) is 3.61. The number of likely N-dealkylation sites (N-methyl/N-ethyl adjacent to an activating group) is 1. The number of rotatable bonds is 7. The van der Waals surface area contributed by atoms with Crippen LogP contribution in [0.1, 0.15) is 28.8 Å². The SMILES string of the molecule is CN(CC(=O)Nc1ccccc1CN1CCCC1C(N)=O)C(=O)c1ccccc1. The van der Waals surface area contributed by atoms with E-state index < -0.39 is 0 Å². The second-order valence-electron chi connectivity index (χ2n) is 7.26. The van der Waals surface area contributed by atoms with Gasteiger partial charge in [0.05, 0.1) is 12.6 Å². The summed E-state index contributed by atoms with van der Waals surface area (Å²) in [4.78, 5) is 40.0. The minimum Gasteiger partial charge on any atom is -0.368 e. The standard InChI is InChI=1S/C22H26N4O3/c1-25(22(29)16-8-3-2-4-9-16)15-20(27)24-18-11-6-5-10-17(18)14-26-13-7-12-19(26)21(23)28/h2-6,8-11,19H,7,12-15H2,1H3,(H2,23,28)(H,24,27). The van der Waals surface area contributed by atoms with Crippen LogP contribution in [-0.2, 0) is 16.1 Å². The summed E-state index contributed by atoms with van der Waals surface area (Å²) in [6.07, 6.45) is 1.69. The molecule has 3 N–H and O–H groups in total. The summed E-state index contributed by atoms with van der Waals surface area (Å²) in [5.74, 6) is -0.808. The van der Waals surface area contributed by atoms with Crippen molar-refractivity contribution >= 4 is 23.4 Å². The van der Waals surface area contributed by atoms with Gasteiger partial charge in [-0.2, -0.15) is 0 Å². The molecule has 3 rings (SSSR count). The molecule has 0 bridgehead atoms. The van der Waals surface area contributed by atoms with Gasteiger partial charge in [-0.25, -0.2) is 0 Å². The maximum Gasteiger partial charge on any atom is 0.254 e. The molecule has 2 aromatic carbocycles. The summed E-state index contributed by atoms with van der Waals surface area (Å²) in [5, 5.41) is 2.89. The molecule has 1 fully saturated rings. The van der Waals surface area contributed by atoms with Gasteiger partial charge in [0.1, 0.15) is 0 Å². The van der Waals surface area contributed by atoms with Crippen molar-refractivity contribution in [2.24, 2.45) is 5.73 Å². The van der Waals surface area contributed by atoms with E-state index in [1.54, 1.807) is 31.3 Å². The number of primary amides is 1. The molecule has 29 heavy (non-hydrogen) atoms. The average molecular weight is 394 g/mol. The van der Waals surface area contributed by atoms with Crippen molar-refractivity contribution in [3.05, 3.63) is 65.7 Å². The molecule has 1 atom stereocenters. The van der Waals surface area contributed by atoms with Crippen molar-refractivity contribution < 1.29 is 14.4 Å². The third-order valence-electron chi connectivity index (χ3n) is 5.11. The van der Waals surface area contributed by atoms with Gasteiger partial charge in [-0.1, -0.05) is 36.4 Å². The molecule has 1 unspecified atom stereocenters. The smallest absolute Gasteiger partial charge is 0.254 e. The first-order valence-electron chi connectivity index (χ1n) is 9.67. The van der Waals surface area contributed by atoms with E-state index in [0.29, 0.717) is 17.8 Å². The van der Waals surface area contributed by atoms with Crippen molar-refractivity contribution in [3.8, 4) is 0 Å². The van der Waals surface area contributed by atoms with E-state index in [-0.39, 0.29) is 30.3 Å². The highest BCUT2D eigenvalue weighted by Gasteiger charge is 2.29. The third kappa shape index (κ3) is 5.20. The Hall–Kier alpha value is -3.19. The third-order valence-corrected chi connectivity index (χ3v) is 5.11. The Kier molecular flexibility index (Phi) is 6.61. The average Bonchev–Trinajstić information content (AvgIpc) is 3.18. The van der Waals surface area contributed by atoms with Crippen LogP contribution in [0.25, 0.3) is 0 Å². The molecule has 0 aromatic heterocycles. The van der Waals surface area contributed by atoms with Gasteiger partial charge in [-0.05, 0) is 43.1 Å². The van der Waals surface area contributed by atoms with Crippen LogP contribution in [0, 0.1) is 0 Å². The van der Waals surface area contributed by atoms with Crippen LogP contribution < -0.4 is 11.1 Å². The normalized spacial score (nSPS) is 16.4. The quantitative estimate of drug-likeness (QED) is 0.749. The number of nitrogens with two attached hydrogens (primary N) is 1. The lowest BCUT2D eigenvalue weighted by Crippen LogP contribution is -2.40. The van der Waals surface area contributed by atoms with Gasteiger partial charge >= 0.3 is 0 Å². The molecule has 0 spiro atoms. The second kappa shape index (κ2) is 9.34. The van der Waals surface area contributed by atoms with E-state index in [2.05, 4.69) is 5.32 Å². The summed E-state index contributed by atoms with van der Waals surface area (Å²) in [6.45, 7) is 1.27. The molecule has 2 aromatic rings. The Labute approximate surface area is 170 Å². The Morgan fingerprint density at radius 3 is 2.52 bits per heavy atom. The first-order valence-corrected chi connectivity index (χ1v) is 9.67. The van der Waals surface area contributed by atoms with Crippen LogP contribution in [0.15, 0.2) is 54.6 Å². The summed E-state index contributed by atoms with van der Waals surface area (Å²) >= 11 is 0. The molecule has 1 saturated heterocycles. The lowest BCUT2D eigenvalue weighted by Gasteiger charge is -2.23. The summed E-state index contributed by atoms with van der Waals surface area (Å²) in [6, 6.07) is 16.1. The predicted molar refractivity (Wildman–Crippen MR) is 111 cm³/mol. The van der Waals surface area contributed by atoms with Gasteiger partial charge in [0.2, 0.25) is 11.8 Å². The van der Waals surface area contributed by atoms with Crippen LogP contribution >= 0.6 is 0 Å². The van der Waals surface area contributed by atoms with Gasteiger partial charge in [0.25, 0.3) is 5.91 Å². The maximum atomic E-state index is 12.5. The number of carbonyl (C=O) groups is 3. The Morgan fingerprint density at radius 2 is 1.79 bits per heavy atom. The predicted octanol–water partition coefficient (Wildman–Crippen LogP) is 1.85. The molecule has 0 aliphatic carbocycles. The van der Waals surface area contributed by atoms with Gasteiger partial charge in [0, 0.05) is 24.8 Å². The van der Waals surface area contributed by atoms with E-state index in [0.717, 1.165) is 24.9 Å². The Morgan fingerprint density at radius 1 is 1.10 bits per heavy atom. The van der Waals surface area contributed by atoms with Crippen molar-refractivity contribution in [2.45, 2.75) is 25.4 Å². The van der Waals surface area contributed by atoms with E-state index in [9.17, 15) is 14.4 Å². The highest BCUT2D eigenvalue weighted by molar-refractivity contribution is 5.99. The largest absolute Gasteiger partial charge is 0.368 e. The molecular weight excluding hydrogens is 368 g/mol. The van der Waals surface area contributed by atoms with E-state index in [4.69, 9.17) is 5.73 Å². The minimum absolute atomic E-state index is 0.0598. The lowest BCUT2D eigenvalue weighted by molar-refractivity contribution is -0.122. The number of nitrogens with one attached hydrogen (secondary N) is 1. The number of carbonyl (C=O) groups excluding carboxylic acids is 3. The molecule has 1 heterocycles. The molecule has 0 saturated carbocycles. The first-order chi connectivity index (χ1) is 14.0. The second-order valence-corrected chi connectivity index (χ2v) is 7.26. The molecule has 0 radical (unpaired) electrons. The highest BCUT2D eigenvalue weighted by Crippen LogP contribution is 2.23. The first kappa shape index (κ1) is 20.5. The molecule has 3 amide bonds. The fourth-order valence-electron chi connectivity index (χ4n) is 3.61. The number of hydrogen-bond acceptors (Lipinski definition) is 4. The summed E-state index contributed by atoms with van der Waals surface area (Å²) < 4.78 is 0. The molecular formula is C22H26N4O3. The zero-order chi connectivity index (χ0) is 20.8. The lowest BCUT2D eigenvalue weighted by atomic mass is 10.1. The maximum absolute atomic E-state index is 12.5. The van der Waals surface area contributed by atoms with E-state index in [1.807, 2.05) is 35.2 Å². The van der Waals surface area contributed by atoms with Crippen LogP contribution in [0.4, 0.5) is 5.69 Å². The molecule has 7 nitrogen and oxygen atoms in total. The molecule has 152 valence electrons.